The Bertz CT molecular complexity index is 218. The lowest BCUT2D eigenvalue weighted by Gasteiger charge is -2.33. The van der Waals surface area contributed by atoms with Gasteiger partial charge in [0.1, 0.15) is 0 Å². The van der Waals surface area contributed by atoms with Crippen LogP contribution in [-0.2, 0) is 4.74 Å². The molecule has 2 atom stereocenters. The van der Waals surface area contributed by atoms with Crippen molar-refractivity contribution in [1.82, 2.24) is 5.32 Å². The van der Waals surface area contributed by atoms with Crippen LogP contribution in [0.4, 0.5) is 13.2 Å². The largest absolute Gasteiger partial charge is 0.393 e. The van der Waals surface area contributed by atoms with Gasteiger partial charge in [0.2, 0.25) is 0 Å². The van der Waals surface area contributed by atoms with Crippen LogP contribution >= 0.6 is 0 Å². The van der Waals surface area contributed by atoms with Crippen LogP contribution in [0.1, 0.15) is 39.5 Å². The molecule has 0 aromatic heterocycles. The molecule has 1 aliphatic carbocycles. The molecule has 102 valence electrons. The number of nitrogens with one attached hydrogen (secondary N) is 1. The van der Waals surface area contributed by atoms with Gasteiger partial charge in [-0.3, -0.25) is 0 Å². The van der Waals surface area contributed by atoms with E-state index < -0.39 is 18.1 Å². The monoisotopic (exact) mass is 253 g/mol. The van der Waals surface area contributed by atoms with Crippen LogP contribution in [0, 0.1) is 5.92 Å². The summed E-state index contributed by atoms with van der Waals surface area (Å²) in [6, 6.07) is -0.431. The molecule has 0 heterocycles. The molecule has 0 saturated heterocycles. The molecule has 1 N–H and O–H groups in total. The van der Waals surface area contributed by atoms with Gasteiger partial charge in [-0.25, -0.2) is 0 Å². The molecule has 1 rings (SSSR count). The molecule has 2 nitrogen and oxygen atoms in total. The second-order valence-electron chi connectivity index (χ2n) is 4.91. The SMILES string of the molecule is CC(C)OCCNC1CCCCC1C(F)(F)F. The van der Waals surface area contributed by atoms with E-state index in [4.69, 9.17) is 4.74 Å². The Kier molecular flexibility index (Phi) is 5.73. The van der Waals surface area contributed by atoms with Crippen molar-refractivity contribution >= 4 is 0 Å². The first kappa shape index (κ1) is 14.8. The summed E-state index contributed by atoms with van der Waals surface area (Å²) < 4.78 is 43.6. The fourth-order valence-corrected chi connectivity index (χ4v) is 2.31. The van der Waals surface area contributed by atoms with Crippen LogP contribution in [-0.4, -0.2) is 31.5 Å². The topological polar surface area (TPSA) is 21.3 Å². The first-order valence-electron chi connectivity index (χ1n) is 6.33. The van der Waals surface area contributed by atoms with Crippen molar-refractivity contribution in [1.29, 1.82) is 0 Å². The maximum Gasteiger partial charge on any atom is 0.393 e. The Hall–Kier alpha value is -0.290. The number of rotatable bonds is 5. The van der Waals surface area contributed by atoms with Crippen molar-refractivity contribution < 1.29 is 17.9 Å². The van der Waals surface area contributed by atoms with E-state index >= 15 is 0 Å². The lowest BCUT2D eigenvalue weighted by atomic mass is 9.84. The highest BCUT2D eigenvalue weighted by atomic mass is 19.4. The summed E-state index contributed by atoms with van der Waals surface area (Å²) in [5, 5.41) is 2.99. The Balaban J connectivity index is 2.33. The molecule has 1 aliphatic rings. The lowest BCUT2D eigenvalue weighted by molar-refractivity contribution is -0.189. The summed E-state index contributed by atoms with van der Waals surface area (Å²) >= 11 is 0. The van der Waals surface area contributed by atoms with Gasteiger partial charge < -0.3 is 10.1 Å². The summed E-state index contributed by atoms with van der Waals surface area (Å²) in [6.07, 6.45) is -1.50. The summed E-state index contributed by atoms with van der Waals surface area (Å²) in [5.74, 6) is -1.18. The minimum absolute atomic E-state index is 0.126. The molecule has 17 heavy (non-hydrogen) atoms. The van der Waals surface area contributed by atoms with Gasteiger partial charge in [0, 0.05) is 12.6 Å². The zero-order chi connectivity index (χ0) is 12.9. The van der Waals surface area contributed by atoms with Gasteiger partial charge in [-0.2, -0.15) is 13.2 Å². The Morgan fingerprint density at radius 1 is 1.24 bits per heavy atom. The van der Waals surface area contributed by atoms with Gasteiger partial charge in [-0.15, -0.1) is 0 Å². The minimum atomic E-state index is -4.07. The molecule has 0 aromatic rings. The second kappa shape index (κ2) is 6.59. The first-order chi connectivity index (χ1) is 7.91. The molecule has 5 heteroatoms. The highest BCUT2D eigenvalue weighted by molar-refractivity contribution is 4.85. The molecule has 2 unspecified atom stereocenters. The maximum atomic E-state index is 12.8. The molecular weight excluding hydrogens is 231 g/mol. The minimum Gasteiger partial charge on any atom is -0.377 e. The van der Waals surface area contributed by atoms with Gasteiger partial charge in [-0.1, -0.05) is 12.8 Å². The third kappa shape index (κ3) is 5.25. The van der Waals surface area contributed by atoms with E-state index in [1.807, 2.05) is 13.8 Å². The van der Waals surface area contributed by atoms with E-state index in [-0.39, 0.29) is 12.5 Å². The summed E-state index contributed by atoms with van der Waals surface area (Å²) in [7, 11) is 0. The maximum absolute atomic E-state index is 12.8. The average Bonchev–Trinajstić information content (AvgIpc) is 2.23. The van der Waals surface area contributed by atoms with Crippen LogP contribution in [0.25, 0.3) is 0 Å². The predicted octanol–water partition coefficient (Wildman–Crippen LogP) is 3.12. The van der Waals surface area contributed by atoms with Gasteiger partial charge >= 0.3 is 6.18 Å². The summed E-state index contributed by atoms with van der Waals surface area (Å²) in [6.45, 7) is 4.80. The van der Waals surface area contributed by atoms with Crippen LogP contribution < -0.4 is 5.32 Å². The summed E-state index contributed by atoms with van der Waals surface area (Å²) in [5.41, 5.74) is 0. The van der Waals surface area contributed by atoms with Crippen molar-refractivity contribution in [2.24, 2.45) is 5.92 Å². The van der Waals surface area contributed by atoms with Gasteiger partial charge in [0.15, 0.2) is 0 Å². The van der Waals surface area contributed by atoms with Crippen LogP contribution in [0.2, 0.25) is 0 Å². The number of alkyl halides is 3. The van der Waals surface area contributed by atoms with Crippen LogP contribution in [0.15, 0.2) is 0 Å². The van der Waals surface area contributed by atoms with Crippen molar-refractivity contribution in [2.45, 2.75) is 57.9 Å². The smallest absolute Gasteiger partial charge is 0.377 e. The number of hydrogen-bond acceptors (Lipinski definition) is 2. The second-order valence-corrected chi connectivity index (χ2v) is 4.91. The molecule has 1 fully saturated rings. The highest BCUT2D eigenvalue weighted by Crippen LogP contribution is 2.37. The standard InChI is InChI=1S/C12H22F3NO/c1-9(2)17-8-7-16-11-6-4-3-5-10(11)12(13,14)15/h9-11,16H,3-8H2,1-2H3. The Labute approximate surface area is 101 Å². The van der Waals surface area contributed by atoms with Crippen LogP contribution in [0.3, 0.4) is 0 Å². The molecule has 0 aromatic carbocycles. The number of hydrogen-bond donors (Lipinski definition) is 1. The Morgan fingerprint density at radius 3 is 2.47 bits per heavy atom. The molecule has 0 bridgehead atoms. The number of ether oxygens (including phenoxy) is 1. The Morgan fingerprint density at radius 2 is 1.88 bits per heavy atom. The fourth-order valence-electron chi connectivity index (χ4n) is 2.31. The molecule has 0 amide bonds. The third-order valence-electron chi connectivity index (χ3n) is 3.15. The average molecular weight is 253 g/mol. The van der Waals surface area contributed by atoms with Gasteiger partial charge in [0.05, 0.1) is 18.6 Å². The first-order valence-corrected chi connectivity index (χ1v) is 6.33. The van der Waals surface area contributed by atoms with E-state index in [1.165, 1.54) is 0 Å². The predicted molar refractivity (Wildman–Crippen MR) is 60.9 cm³/mol. The van der Waals surface area contributed by atoms with Crippen molar-refractivity contribution in [2.75, 3.05) is 13.2 Å². The van der Waals surface area contributed by atoms with E-state index in [1.54, 1.807) is 0 Å². The summed E-state index contributed by atoms with van der Waals surface area (Å²) in [4.78, 5) is 0. The number of halogens is 3. The lowest BCUT2D eigenvalue weighted by Crippen LogP contribution is -2.46. The van der Waals surface area contributed by atoms with E-state index in [2.05, 4.69) is 5.32 Å². The molecule has 1 saturated carbocycles. The molecule has 0 spiro atoms. The third-order valence-corrected chi connectivity index (χ3v) is 3.15. The molecule has 0 aliphatic heterocycles. The van der Waals surface area contributed by atoms with Gasteiger partial charge in [-0.05, 0) is 26.7 Å². The van der Waals surface area contributed by atoms with Crippen LogP contribution in [0.5, 0.6) is 0 Å². The molecular formula is C12H22F3NO. The highest BCUT2D eigenvalue weighted by Gasteiger charge is 2.45. The molecule has 0 radical (unpaired) electrons. The normalized spacial score (nSPS) is 26.5. The quantitative estimate of drug-likeness (QED) is 0.760. The zero-order valence-electron chi connectivity index (χ0n) is 10.5. The van der Waals surface area contributed by atoms with Crippen molar-refractivity contribution in [3.63, 3.8) is 0 Å². The zero-order valence-corrected chi connectivity index (χ0v) is 10.5. The van der Waals surface area contributed by atoms with Crippen molar-refractivity contribution in [3.05, 3.63) is 0 Å². The van der Waals surface area contributed by atoms with E-state index in [9.17, 15) is 13.2 Å². The van der Waals surface area contributed by atoms with Gasteiger partial charge in [0.25, 0.3) is 0 Å². The van der Waals surface area contributed by atoms with E-state index in [0.717, 1.165) is 6.42 Å². The fraction of sp³-hybridized carbons (Fsp3) is 1.00. The van der Waals surface area contributed by atoms with Crippen molar-refractivity contribution in [3.8, 4) is 0 Å². The van der Waals surface area contributed by atoms with E-state index in [0.29, 0.717) is 26.0 Å².